The molecule has 0 radical (unpaired) electrons. The van der Waals surface area contributed by atoms with Crippen molar-refractivity contribution < 1.29 is 21.6 Å². The quantitative estimate of drug-likeness (QED) is 0.755. The number of carbonyl (C=O) groups is 1. The molecule has 1 fully saturated rings. The second kappa shape index (κ2) is 8.49. The Kier molecular flexibility index (Phi) is 6.35. The monoisotopic (exact) mass is 450 g/mol. The van der Waals surface area contributed by atoms with E-state index in [1.165, 1.54) is 40.7 Å². The largest absolute Gasteiger partial charge is 0.321 e. The van der Waals surface area contributed by atoms with Crippen LogP contribution in [0.2, 0.25) is 0 Å². The number of sulfonamides is 1. The van der Waals surface area contributed by atoms with Crippen molar-refractivity contribution in [3.05, 3.63) is 54.1 Å². The Hall–Kier alpha value is -2.23. The third kappa shape index (κ3) is 4.91. The van der Waals surface area contributed by atoms with Crippen molar-refractivity contribution in [2.75, 3.05) is 24.7 Å². The van der Waals surface area contributed by atoms with Crippen molar-refractivity contribution in [1.29, 1.82) is 0 Å². The van der Waals surface area contributed by atoms with Crippen LogP contribution in [0.1, 0.15) is 30.6 Å². The molecule has 1 aliphatic heterocycles. The fourth-order valence-corrected chi connectivity index (χ4v) is 6.34. The van der Waals surface area contributed by atoms with Crippen molar-refractivity contribution in [3.63, 3.8) is 0 Å². The standard InChI is InChI=1S/C21H26N2O5S2/c1-15-12-16(2)14-23(13-15)30(27,28)18-10-8-17(9-11-18)21(24)22-19-6-4-5-7-20(19)29(3,25)26/h4-11,15-16H,12-14H2,1-3H3,(H,22,24). The molecule has 1 saturated heterocycles. The summed E-state index contributed by atoms with van der Waals surface area (Å²) in [7, 11) is -7.14. The van der Waals surface area contributed by atoms with Gasteiger partial charge < -0.3 is 5.32 Å². The second-order valence-electron chi connectivity index (χ2n) is 8.01. The van der Waals surface area contributed by atoms with Gasteiger partial charge in [-0.15, -0.1) is 0 Å². The third-order valence-corrected chi connectivity index (χ3v) is 8.13. The molecule has 1 N–H and O–H groups in total. The van der Waals surface area contributed by atoms with Gasteiger partial charge in [0, 0.05) is 24.9 Å². The number of carbonyl (C=O) groups excluding carboxylic acids is 1. The van der Waals surface area contributed by atoms with Gasteiger partial charge in [0.05, 0.1) is 15.5 Å². The molecule has 3 rings (SSSR count). The average molecular weight is 451 g/mol. The third-order valence-electron chi connectivity index (χ3n) is 5.12. The molecule has 0 saturated carbocycles. The summed E-state index contributed by atoms with van der Waals surface area (Å²) in [5, 5.41) is 2.59. The molecule has 162 valence electrons. The van der Waals surface area contributed by atoms with E-state index in [1.807, 2.05) is 13.8 Å². The molecule has 30 heavy (non-hydrogen) atoms. The van der Waals surface area contributed by atoms with Gasteiger partial charge in [-0.05, 0) is 54.7 Å². The number of hydrogen-bond donors (Lipinski definition) is 1. The Balaban J connectivity index is 1.80. The molecule has 1 amide bonds. The van der Waals surface area contributed by atoms with Gasteiger partial charge in [-0.3, -0.25) is 4.79 Å². The summed E-state index contributed by atoms with van der Waals surface area (Å²) in [6, 6.07) is 11.8. The Morgan fingerprint density at radius 1 is 0.933 bits per heavy atom. The Labute approximate surface area is 178 Å². The molecule has 2 unspecified atom stereocenters. The topological polar surface area (TPSA) is 101 Å². The summed E-state index contributed by atoms with van der Waals surface area (Å²) in [6.45, 7) is 5.05. The fraction of sp³-hybridized carbons (Fsp3) is 0.381. The first kappa shape index (κ1) is 22.5. The van der Waals surface area contributed by atoms with Crippen LogP contribution in [-0.2, 0) is 19.9 Å². The molecule has 0 bridgehead atoms. The number of nitrogens with zero attached hydrogens (tertiary/aromatic N) is 1. The molecule has 1 aliphatic rings. The minimum Gasteiger partial charge on any atom is -0.321 e. The van der Waals surface area contributed by atoms with Gasteiger partial charge >= 0.3 is 0 Å². The van der Waals surface area contributed by atoms with Gasteiger partial charge in [-0.25, -0.2) is 16.8 Å². The van der Waals surface area contributed by atoms with Crippen LogP contribution in [0.25, 0.3) is 0 Å². The van der Waals surface area contributed by atoms with Crippen LogP contribution in [0.3, 0.4) is 0 Å². The number of amides is 1. The summed E-state index contributed by atoms with van der Waals surface area (Å²) < 4.78 is 51.2. The van der Waals surface area contributed by atoms with E-state index < -0.39 is 25.8 Å². The van der Waals surface area contributed by atoms with Gasteiger partial charge in [0.1, 0.15) is 0 Å². The lowest BCUT2D eigenvalue weighted by Gasteiger charge is -2.34. The molecule has 2 aromatic rings. The molecule has 2 aromatic carbocycles. The van der Waals surface area contributed by atoms with E-state index in [9.17, 15) is 21.6 Å². The van der Waals surface area contributed by atoms with Crippen molar-refractivity contribution in [3.8, 4) is 0 Å². The highest BCUT2D eigenvalue weighted by molar-refractivity contribution is 7.91. The summed E-state index contributed by atoms with van der Waals surface area (Å²) in [5.74, 6) is 0.0715. The zero-order chi connectivity index (χ0) is 22.1. The van der Waals surface area contributed by atoms with Crippen molar-refractivity contribution in [2.45, 2.75) is 30.1 Å². The van der Waals surface area contributed by atoms with Gasteiger partial charge in [-0.1, -0.05) is 26.0 Å². The maximum absolute atomic E-state index is 13.0. The molecule has 0 aliphatic carbocycles. The normalized spacial score (nSPS) is 20.6. The Morgan fingerprint density at radius 2 is 1.50 bits per heavy atom. The SMILES string of the molecule is CC1CC(C)CN(S(=O)(=O)c2ccc(C(=O)Nc3ccccc3S(C)(=O)=O)cc2)C1. The summed E-state index contributed by atoms with van der Waals surface area (Å²) in [5.41, 5.74) is 0.413. The van der Waals surface area contributed by atoms with Crippen LogP contribution < -0.4 is 5.32 Å². The van der Waals surface area contributed by atoms with Gasteiger partial charge in [0.2, 0.25) is 10.0 Å². The molecule has 1 heterocycles. The molecule has 7 nitrogen and oxygen atoms in total. The van der Waals surface area contributed by atoms with E-state index in [1.54, 1.807) is 12.1 Å². The van der Waals surface area contributed by atoms with Crippen molar-refractivity contribution in [1.82, 2.24) is 4.31 Å². The van der Waals surface area contributed by atoms with E-state index in [4.69, 9.17) is 0 Å². The number of benzene rings is 2. The van der Waals surface area contributed by atoms with Crippen molar-refractivity contribution >= 4 is 31.5 Å². The lowest BCUT2D eigenvalue weighted by molar-refractivity contribution is 0.102. The zero-order valence-electron chi connectivity index (χ0n) is 17.2. The van der Waals surface area contributed by atoms with E-state index in [0.29, 0.717) is 24.9 Å². The van der Waals surface area contributed by atoms with Gasteiger partial charge in [-0.2, -0.15) is 4.31 Å². The minimum absolute atomic E-state index is 0.0193. The first-order valence-electron chi connectivity index (χ1n) is 9.69. The number of nitrogens with one attached hydrogen (secondary N) is 1. The molecular formula is C21H26N2O5S2. The minimum atomic E-state index is -3.63. The number of rotatable bonds is 5. The number of hydrogen-bond acceptors (Lipinski definition) is 5. The maximum Gasteiger partial charge on any atom is 0.255 e. The van der Waals surface area contributed by atoms with Crippen LogP contribution >= 0.6 is 0 Å². The maximum atomic E-state index is 13.0. The van der Waals surface area contributed by atoms with Crippen LogP contribution in [0, 0.1) is 11.8 Å². The highest BCUT2D eigenvalue weighted by Gasteiger charge is 2.31. The van der Waals surface area contributed by atoms with Crippen molar-refractivity contribution in [2.24, 2.45) is 11.8 Å². The van der Waals surface area contributed by atoms with Crippen LogP contribution in [-0.4, -0.2) is 46.4 Å². The van der Waals surface area contributed by atoms with Crippen LogP contribution in [0.15, 0.2) is 58.3 Å². The zero-order valence-corrected chi connectivity index (χ0v) is 18.8. The van der Waals surface area contributed by atoms with Crippen LogP contribution in [0.5, 0.6) is 0 Å². The summed E-state index contributed by atoms with van der Waals surface area (Å²) >= 11 is 0. The smallest absolute Gasteiger partial charge is 0.255 e. The lowest BCUT2D eigenvalue weighted by Crippen LogP contribution is -2.42. The molecule has 9 heteroatoms. The first-order valence-corrected chi connectivity index (χ1v) is 13.0. The van der Waals surface area contributed by atoms with Gasteiger partial charge in [0.25, 0.3) is 5.91 Å². The molecule has 0 spiro atoms. The number of sulfone groups is 1. The number of piperidine rings is 1. The van der Waals surface area contributed by atoms with E-state index in [0.717, 1.165) is 12.7 Å². The fourth-order valence-electron chi connectivity index (χ4n) is 3.82. The molecule has 0 aromatic heterocycles. The van der Waals surface area contributed by atoms with Crippen LogP contribution in [0.4, 0.5) is 5.69 Å². The van der Waals surface area contributed by atoms with E-state index in [-0.39, 0.29) is 21.0 Å². The number of anilines is 1. The van der Waals surface area contributed by atoms with Gasteiger partial charge in [0.15, 0.2) is 9.84 Å². The first-order chi connectivity index (χ1) is 14.0. The lowest BCUT2D eigenvalue weighted by atomic mass is 9.94. The summed E-state index contributed by atoms with van der Waals surface area (Å²) in [4.78, 5) is 12.7. The predicted octanol–water partition coefficient (Wildman–Crippen LogP) is 3.01. The molecular weight excluding hydrogens is 424 g/mol. The highest BCUT2D eigenvalue weighted by atomic mass is 32.2. The predicted molar refractivity (Wildman–Crippen MR) is 116 cm³/mol. The second-order valence-corrected chi connectivity index (χ2v) is 11.9. The molecule has 2 atom stereocenters. The van der Waals surface area contributed by atoms with E-state index in [2.05, 4.69) is 5.32 Å². The summed E-state index contributed by atoms with van der Waals surface area (Å²) in [6.07, 6.45) is 2.07. The average Bonchev–Trinajstić information content (AvgIpc) is 2.67. The number of para-hydroxylation sites is 1. The Morgan fingerprint density at radius 3 is 2.07 bits per heavy atom. The Bertz CT molecular complexity index is 1130. The highest BCUT2D eigenvalue weighted by Crippen LogP contribution is 2.27. The van der Waals surface area contributed by atoms with E-state index >= 15 is 0 Å².